The Labute approximate surface area is 419 Å². The van der Waals surface area contributed by atoms with Crippen LogP contribution in [0.1, 0.15) is 5.82 Å². The molecule has 0 bridgehead atoms. The number of para-hydroxylation sites is 3. The number of allylic oxidation sites excluding steroid dienone is 4. The number of hydrogen-bond acceptors (Lipinski definition) is 8. The maximum absolute atomic E-state index is 5.18. The molecule has 0 aliphatic carbocycles. The van der Waals surface area contributed by atoms with Crippen LogP contribution in [0.15, 0.2) is 237 Å². The van der Waals surface area contributed by atoms with E-state index in [-0.39, 0.29) is 0 Å². The molecule has 13 rings (SSSR count). The van der Waals surface area contributed by atoms with E-state index in [0.29, 0.717) is 46.8 Å². The second-order valence-corrected chi connectivity index (χ2v) is 17.4. The van der Waals surface area contributed by atoms with E-state index in [4.69, 9.17) is 40.1 Å². The number of aromatic nitrogens is 11. The molecule has 0 aliphatic rings. The Morgan fingerprint density at radius 1 is 0.329 bits per heavy atom. The summed E-state index contributed by atoms with van der Waals surface area (Å²) in [5.74, 6) is 4.57. The zero-order chi connectivity index (χ0) is 48.7. The fraction of sp³-hybridized carbons (Fsp3) is 0. The van der Waals surface area contributed by atoms with Crippen LogP contribution in [0.3, 0.4) is 0 Å². The molecule has 13 aromatic rings. The average Bonchev–Trinajstić information content (AvgIpc) is 4.15. The van der Waals surface area contributed by atoms with Crippen molar-refractivity contribution in [3.8, 4) is 74.5 Å². The first-order valence-electron chi connectivity index (χ1n) is 23.9. The van der Waals surface area contributed by atoms with E-state index in [2.05, 4.69) is 105 Å². The molecule has 0 spiro atoms. The number of benzene rings is 8. The quantitative estimate of drug-likeness (QED) is 0.118. The summed E-state index contributed by atoms with van der Waals surface area (Å²) in [4.78, 5) is 30.5. The molecule has 8 aromatic carbocycles. The summed E-state index contributed by atoms with van der Waals surface area (Å²) in [6.07, 6.45) is 9.28. The zero-order valence-corrected chi connectivity index (χ0v) is 39.1. The average molecular weight is 940 g/mol. The molecule has 0 radical (unpaired) electrons. The normalized spacial score (nSPS) is 11.8. The molecule has 0 saturated heterocycles. The molecule has 0 saturated carbocycles. The van der Waals surface area contributed by atoms with Gasteiger partial charge in [-0.25, -0.2) is 9.97 Å². The number of nitrogens with zero attached hydrogens (tertiary/aromatic N) is 11. The van der Waals surface area contributed by atoms with Gasteiger partial charge >= 0.3 is 0 Å². The molecule has 344 valence electrons. The van der Waals surface area contributed by atoms with Gasteiger partial charge in [0.1, 0.15) is 0 Å². The van der Waals surface area contributed by atoms with Crippen molar-refractivity contribution in [2.24, 2.45) is 0 Å². The lowest BCUT2D eigenvalue weighted by Gasteiger charge is -2.13. The molecular weight excluding hydrogens is 899 g/mol. The topological polar surface area (TPSA) is 118 Å². The first-order chi connectivity index (χ1) is 36.2. The molecule has 0 fully saturated rings. The fourth-order valence-corrected chi connectivity index (χ4v) is 9.58. The summed E-state index contributed by atoms with van der Waals surface area (Å²) in [6.45, 7) is 3.80. The first kappa shape index (κ1) is 42.8. The maximum atomic E-state index is 5.18. The first-order valence-corrected chi connectivity index (χ1v) is 23.9. The Balaban J connectivity index is 1.01. The lowest BCUT2D eigenvalue weighted by molar-refractivity contribution is 0.936. The molecule has 11 nitrogen and oxygen atoms in total. The van der Waals surface area contributed by atoms with Gasteiger partial charge in [-0.05, 0) is 42.5 Å². The summed E-state index contributed by atoms with van der Waals surface area (Å²) in [5.41, 5.74) is 9.04. The Hall–Kier alpha value is -10.3. The van der Waals surface area contributed by atoms with Gasteiger partial charge in [-0.15, -0.1) is 10.2 Å². The second kappa shape index (κ2) is 18.2. The van der Waals surface area contributed by atoms with Crippen LogP contribution < -0.4 is 0 Å². The minimum absolute atomic E-state index is 0.489. The zero-order valence-electron chi connectivity index (χ0n) is 39.1. The van der Waals surface area contributed by atoms with E-state index >= 15 is 0 Å². The number of fused-ring (bicyclic) bond motifs is 6. The van der Waals surface area contributed by atoms with Crippen molar-refractivity contribution in [1.29, 1.82) is 0 Å². The van der Waals surface area contributed by atoms with Gasteiger partial charge < -0.3 is 0 Å². The van der Waals surface area contributed by atoms with E-state index in [0.717, 1.165) is 77.1 Å². The van der Waals surface area contributed by atoms with E-state index in [1.807, 2.05) is 146 Å². The Morgan fingerprint density at radius 2 is 0.753 bits per heavy atom. The van der Waals surface area contributed by atoms with Crippen molar-refractivity contribution in [2.45, 2.75) is 0 Å². The highest BCUT2D eigenvalue weighted by atomic mass is 15.3. The van der Waals surface area contributed by atoms with Crippen molar-refractivity contribution in [3.05, 3.63) is 243 Å². The molecular formula is C62H41N11. The van der Waals surface area contributed by atoms with Gasteiger partial charge in [-0.3, -0.25) is 13.7 Å². The minimum Gasteiger partial charge on any atom is -0.278 e. The third-order valence-electron chi connectivity index (χ3n) is 12.9. The van der Waals surface area contributed by atoms with Gasteiger partial charge in [0.2, 0.25) is 11.9 Å². The lowest BCUT2D eigenvalue weighted by atomic mass is 10.1. The smallest absolute Gasteiger partial charge is 0.238 e. The van der Waals surface area contributed by atoms with Crippen LogP contribution in [0.25, 0.3) is 124 Å². The maximum Gasteiger partial charge on any atom is 0.238 e. The highest BCUT2D eigenvalue weighted by molar-refractivity contribution is 6.11. The van der Waals surface area contributed by atoms with Gasteiger partial charge in [0.05, 0.1) is 22.1 Å². The van der Waals surface area contributed by atoms with Crippen LogP contribution in [0, 0.1) is 0 Å². The summed E-state index contributed by atoms with van der Waals surface area (Å²) >= 11 is 0. The van der Waals surface area contributed by atoms with Crippen molar-refractivity contribution < 1.29 is 0 Å². The van der Waals surface area contributed by atoms with Crippen molar-refractivity contribution in [2.75, 3.05) is 0 Å². The third-order valence-corrected chi connectivity index (χ3v) is 12.9. The summed E-state index contributed by atoms with van der Waals surface area (Å²) in [5, 5.41) is 14.3. The predicted molar refractivity (Wildman–Crippen MR) is 292 cm³/mol. The Kier molecular flexibility index (Phi) is 10.7. The van der Waals surface area contributed by atoms with Gasteiger partial charge in [0.15, 0.2) is 34.9 Å². The predicted octanol–water partition coefficient (Wildman–Crippen LogP) is 13.9. The largest absolute Gasteiger partial charge is 0.278 e. The highest BCUT2D eigenvalue weighted by Gasteiger charge is 2.24. The summed E-state index contributed by atoms with van der Waals surface area (Å²) in [7, 11) is 0. The second-order valence-electron chi connectivity index (χ2n) is 17.4. The van der Waals surface area contributed by atoms with Crippen molar-refractivity contribution in [3.63, 3.8) is 0 Å². The number of hydrogen-bond donors (Lipinski definition) is 0. The highest BCUT2D eigenvalue weighted by Crippen LogP contribution is 2.39. The van der Waals surface area contributed by atoms with Crippen LogP contribution in [0.4, 0.5) is 0 Å². The molecule has 0 N–H and O–H groups in total. The molecule has 5 aromatic heterocycles. The SMILES string of the molecule is C=C/C=C\C=C\c1nc(-c2ccccc2)nc(-n2c3ccccc3c3ccc(-c4nnc(-c5ccc6c7ccccc7n(-c7nc(-c8ccccc8)nc(-c8ccccc8)n7)c6c5)n4-c4ccccc4)cc32)n1. The van der Waals surface area contributed by atoms with Gasteiger partial charge in [-0.2, -0.15) is 19.9 Å². The van der Waals surface area contributed by atoms with E-state index in [1.165, 1.54) is 0 Å². The summed E-state index contributed by atoms with van der Waals surface area (Å²) in [6, 6.07) is 69.9. The molecule has 73 heavy (non-hydrogen) atoms. The third kappa shape index (κ3) is 7.74. The number of rotatable bonds is 11. The standard InChI is InChI=1S/C62H41N11/c1-2-3-4-17-34-55-63-56(41-22-9-5-10-23-41)66-61(64-55)72-51-32-20-18-30-47(51)49-37-35-44(39-53(49)72)59-69-70-60(71(59)46-28-15-8-16-29-46)45-36-38-50-48-31-19-21-33-52(48)73(54(50)40-45)62-67-57(42-24-11-6-12-25-42)65-58(68-62)43-26-13-7-14-27-43/h2-40H,1H2/b4-3-,34-17+. The molecule has 5 heterocycles. The van der Waals surface area contributed by atoms with E-state index < -0.39 is 0 Å². The molecule has 0 amide bonds. The van der Waals surface area contributed by atoms with Crippen LogP contribution in [-0.2, 0) is 0 Å². The van der Waals surface area contributed by atoms with E-state index in [1.54, 1.807) is 6.08 Å². The van der Waals surface area contributed by atoms with E-state index in [9.17, 15) is 0 Å². The van der Waals surface area contributed by atoms with Crippen LogP contribution >= 0.6 is 0 Å². The molecule has 0 unspecified atom stereocenters. The molecule has 0 atom stereocenters. The molecule has 11 heteroatoms. The minimum atomic E-state index is 0.489. The summed E-state index contributed by atoms with van der Waals surface area (Å²) < 4.78 is 6.38. The van der Waals surface area contributed by atoms with Gasteiger partial charge in [-0.1, -0.05) is 201 Å². The Morgan fingerprint density at radius 3 is 1.25 bits per heavy atom. The lowest BCUT2D eigenvalue weighted by Crippen LogP contribution is -2.06. The Bertz CT molecular complexity index is 4210. The molecule has 0 aliphatic heterocycles. The fourth-order valence-electron chi connectivity index (χ4n) is 9.58. The van der Waals surface area contributed by atoms with Crippen molar-refractivity contribution >= 4 is 49.7 Å². The van der Waals surface area contributed by atoms with Crippen molar-refractivity contribution in [1.82, 2.24) is 53.8 Å². The van der Waals surface area contributed by atoms with Crippen LogP contribution in [-0.4, -0.2) is 53.8 Å². The van der Waals surface area contributed by atoms with Gasteiger partial charge in [0.25, 0.3) is 0 Å². The van der Waals surface area contributed by atoms with Gasteiger partial charge in [0, 0.05) is 55.0 Å². The van der Waals surface area contributed by atoms with Crippen LogP contribution in [0.2, 0.25) is 0 Å². The van der Waals surface area contributed by atoms with Crippen LogP contribution in [0.5, 0.6) is 0 Å². The monoisotopic (exact) mass is 939 g/mol.